The van der Waals surface area contributed by atoms with Gasteiger partial charge >= 0.3 is 0 Å². The van der Waals surface area contributed by atoms with Crippen LogP contribution in [0.2, 0.25) is 0 Å². The van der Waals surface area contributed by atoms with Gasteiger partial charge in [-0.1, -0.05) is 48.8 Å². The van der Waals surface area contributed by atoms with E-state index in [1.165, 1.54) is 5.56 Å². The van der Waals surface area contributed by atoms with Crippen molar-refractivity contribution in [3.63, 3.8) is 0 Å². The van der Waals surface area contributed by atoms with E-state index < -0.39 is 0 Å². The van der Waals surface area contributed by atoms with Gasteiger partial charge in [-0.05, 0) is 32.3 Å². The van der Waals surface area contributed by atoms with Crippen molar-refractivity contribution in [3.05, 3.63) is 52.4 Å². The molecule has 1 heterocycles. The Labute approximate surface area is 125 Å². The second kappa shape index (κ2) is 6.57. The molecule has 1 atom stereocenters. The molecule has 0 aliphatic rings. The number of carbonyl (C=O) groups excluding carboxylic acids is 1. The van der Waals surface area contributed by atoms with Crippen molar-refractivity contribution >= 4 is 5.91 Å². The molecule has 0 fully saturated rings. The van der Waals surface area contributed by atoms with Crippen LogP contribution in [-0.2, 0) is 6.42 Å². The topological polar surface area (TPSA) is 55.1 Å². The molecule has 0 radical (unpaired) electrons. The van der Waals surface area contributed by atoms with Crippen molar-refractivity contribution in [1.29, 1.82) is 0 Å². The van der Waals surface area contributed by atoms with Gasteiger partial charge in [-0.15, -0.1) is 0 Å². The van der Waals surface area contributed by atoms with E-state index in [1.54, 1.807) is 6.92 Å². The molecule has 112 valence electrons. The molecule has 0 aliphatic heterocycles. The Morgan fingerprint density at radius 3 is 2.48 bits per heavy atom. The number of carbonyl (C=O) groups is 1. The Bertz CT molecular complexity index is 614. The van der Waals surface area contributed by atoms with Crippen LogP contribution >= 0.6 is 0 Å². The van der Waals surface area contributed by atoms with Gasteiger partial charge in [0.1, 0.15) is 11.3 Å². The third-order valence-corrected chi connectivity index (χ3v) is 3.69. The van der Waals surface area contributed by atoms with Crippen LogP contribution in [0.15, 0.2) is 28.8 Å². The Morgan fingerprint density at radius 2 is 1.90 bits per heavy atom. The largest absolute Gasteiger partial charge is 0.361 e. The maximum atomic E-state index is 12.5. The predicted molar refractivity (Wildman–Crippen MR) is 82.3 cm³/mol. The van der Waals surface area contributed by atoms with E-state index in [-0.39, 0.29) is 11.9 Å². The molecule has 1 unspecified atom stereocenters. The van der Waals surface area contributed by atoms with E-state index in [0.29, 0.717) is 23.4 Å². The van der Waals surface area contributed by atoms with Gasteiger partial charge in [-0.3, -0.25) is 4.79 Å². The van der Waals surface area contributed by atoms with Gasteiger partial charge in [0.15, 0.2) is 0 Å². The van der Waals surface area contributed by atoms with Gasteiger partial charge in [0, 0.05) is 0 Å². The minimum absolute atomic E-state index is 0.00268. The highest BCUT2D eigenvalue weighted by atomic mass is 16.5. The quantitative estimate of drug-likeness (QED) is 0.911. The second-order valence-corrected chi connectivity index (χ2v) is 5.26. The summed E-state index contributed by atoms with van der Waals surface area (Å²) in [7, 11) is 0. The molecule has 2 rings (SSSR count). The molecule has 0 aliphatic carbocycles. The van der Waals surface area contributed by atoms with Gasteiger partial charge in [0.25, 0.3) is 5.91 Å². The van der Waals surface area contributed by atoms with E-state index in [1.807, 2.05) is 6.92 Å². The average Bonchev–Trinajstić information content (AvgIpc) is 2.86. The van der Waals surface area contributed by atoms with Crippen LogP contribution in [0.1, 0.15) is 59.2 Å². The summed E-state index contributed by atoms with van der Waals surface area (Å²) in [5, 5.41) is 7.02. The molecule has 1 aromatic carbocycles. The normalized spacial score (nSPS) is 12.2. The Balaban J connectivity index is 2.20. The molecule has 0 saturated carbocycles. The van der Waals surface area contributed by atoms with Crippen molar-refractivity contribution < 1.29 is 9.32 Å². The number of rotatable bonds is 5. The zero-order valence-corrected chi connectivity index (χ0v) is 13.1. The summed E-state index contributed by atoms with van der Waals surface area (Å²) in [5.74, 6) is 0.459. The lowest BCUT2D eigenvalue weighted by Gasteiger charge is -2.17. The van der Waals surface area contributed by atoms with Crippen LogP contribution in [0.4, 0.5) is 0 Å². The maximum absolute atomic E-state index is 12.5. The summed E-state index contributed by atoms with van der Waals surface area (Å²) in [6.45, 7) is 7.85. The molecule has 1 amide bonds. The summed E-state index contributed by atoms with van der Waals surface area (Å²) >= 11 is 0. The van der Waals surface area contributed by atoms with Gasteiger partial charge in [-0.2, -0.15) is 0 Å². The summed E-state index contributed by atoms with van der Waals surface area (Å²) in [5.41, 5.74) is 3.61. The SMILES string of the molecule is CCc1noc(C)c1C(=O)NC(CC)c1ccc(C)cc1. The van der Waals surface area contributed by atoms with Crippen molar-refractivity contribution in [3.8, 4) is 0 Å². The van der Waals surface area contributed by atoms with Crippen LogP contribution < -0.4 is 5.32 Å². The lowest BCUT2D eigenvalue weighted by Crippen LogP contribution is -2.29. The average molecular weight is 286 g/mol. The van der Waals surface area contributed by atoms with Crippen molar-refractivity contribution in [2.24, 2.45) is 0 Å². The Hall–Kier alpha value is -2.10. The summed E-state index contributed by atoms with van der Waals surface area (Å²) in [6.07, 6.45) is 1.52. The third-order valence-electron chi connectivity index (χ3n) is 3.69. The molecule has 1 aromatic heterocycles. The first-order chi connectivity index (χ1) is 10.1. The first kappa shape index (κ1) is 15.3. The number of hydrogen-bond acceptors (Lipinski definition) is 3. The molecule has 1 N–H and O–H groups in total. The highest BCUT2D eigenvalue weighted by Crippen LogP contribution is 2.20. The zero-order chi connectivity index (χ0) is 15.4. The van der Waals surface area contributed by atoms with Crippen LogP contribution in [0.5, 0.6) is 0 Å². The first-order valence-electron chi connectivity index (χ1n) is 7.39. The Kier molecular flexibility index (Phi) is 4.78. The molecule has 4 nitrogen and oxygen atoms in total. The highest BCUT2D eigenvalue weighted by molar-refractivity contribution is 5.96. The fraction of sp³-hybridized carbons (Fsp3) is 0.412. The zero-order valence-electron chi connectivity index (χ0n) is 13.1. The monoisotopic (exact) mass is 286 g/mol. The number of aryl methyl sites for hydroxylation is 3. The highest BCUT2D eigenvalue weighted by Gasteiger charge is 2.21. The van der Waals surface area contributed by atoms with Crippen LogP contribution in [-0.4, -0.2) is 11.1 Å². The number of nitrogens with zero attached hydrogens (tertiary/aromatic N) is 1. The predicted octanol–water partition coefficient (Wildman–Crippen LogP) is 3.73. The van der Waals surface area contributed by atoms with Crippen molar-refractivity contribution in [2.75, 3.05) is 0 Å². The smallest absolute Gasteiger partial charge is 0.257 e. The first-order valence-corrected chi connectivity index (χ1v) is 7.39. The molecule has 0 saturated heterocycles. The van der Waals surface area contributed by atoms with Crippen LogP contribution in [0, 0.1) is 13.8 Å². The standard InChI is InChI=1S/C17H22N2O2/c1-5-14(13-9-7-11(3)8-10-13)18-17(20)16-12(4)21-19-15(16)6-2/h7-10,14H,5-6H2,1-4H3,(H,18,20). The Morgan fingerprint density at radius 1 is 1.24 bits per heavy atom. The van der Waals surface area contributed by atoms with E-state index in [4.69, 9.17) is 4.52 Å². The molecule has 21 heavy (non-hydrogen) atoms. The van der Waals surface area contributed by atoms with Gasteiger partial charge in [0.2, 0.25) is 0 Å². The number of hydrogen-bond donors (Lipinski definition) is 1. The maximum Gasteiger partial charge on any atom is 0.257 e. The second-order valence-electron chi connectivity index (χ2n) is 5.26. The van der Waals surface area contributed by atoms with Crippen LogP contribution in [0.25, 0.3) is 0 Å². The number of aromatic nitrogens is 1. The lowest BCUT2D eigenvalue weighted by molar-refractivity contribution is 0.0933. The molecule has 4 heteroatoms. The van der Waals surface area contributed by atoms with E-state index in [0.717, 1.165) is 12.0 Å². The summed E-state index contributed by atoms with van der Waals surface area (Å²) in [4.78, 5) is 12.5. The minimum Gasteiger partial charge on any atom is -0.361 e. The number of benzene rings is 1. The van der Waals surface area contributed by atoms with Gasteiger partial charge in [0.05, 0.1) is 11.7 Å². The molecule has 0 spiro atoms. The minimum atomic E-state index is -0.113. The third kappa shape index (κ3) is 3.32. The van der Waals surface area contributed by atoms with Crippen molar-refractivity contribution in [2.45, 2.75) is 46.6 Å². The van der Waals surface area contributed by atoms with Crippen molar-refractivity contribution in [1.82, 2.24) is 10.5 Å². The van der Waals surface area contributed by atoms with Gasteiger partial charge < -0.3 is 9.84 Å². The fourth-order valence-electron chi connectivity index (χ4n) is 2.40. The number of amides is 1. The lowest BCUT2D eigenvalue weighted by atomic mass is 10.0. The van der Waals surface area contributed by atoms with E-state index in [2.05, 4.69) is 48.6 Å². The fourth-order valence-corrected chi connectivity index (χ4v) is 2.40. The summed E-state index contributed by atoms with van der Waals surface area (Å²) in [6, 6.07) is 8.24. The van der Waals surface area contributed by atoms with Crippen LogP contribution in [0.3, 0.4) is 0 Å². The molecule has 0 bridgehead atoms. The molecular formula is C17H22N2O2. The van der Waals surface area contributed by atoms with E-state index >= 15 is 0 Å². The molecular weight excluding hydrogens is 264 g/mol. The van der Waals surface area contributed by atoms with E-state index in [9.17, 15) is 4.79 Å². The number of nitrogens with one attached hydrogen (secondary N) is 1. The summed E-state index contributed by atoms with van der Waals surface area (Å²) < 4.78 is 5.13. The van der Waals surface area contributed by atoms with Gasteiger partial charge in [-0.25, -0.2) is 0 Å². The molecule has 2 aromatic rings.